The van der Waals surface area contributed by atoms with Crippen molar-refractivity contribution in [3.8, 4) is 10.4 Å². The molecule has 3 N–H and O–H groups in total. The molecule has 0 atom stereocenters. The molecule has 0 unspecified atom stereocenters. The van der Waals surface area contributed by atoms with Gasteiger partial charge in [-0.1, -0.05) is 45.0 Å². The van der Waals surface area contributed by atoms with Crippen LogP contribution in [0.2, 0.25) is 0 Å². The van der Waals surface area contributed by atoms with Crippen LogP contribution in [0, 0.1) is 5.41 Å². The predicted molar refractivity (Wildman–Crippen MR) is 103 cm³/mol. The second-order valence-corrected chi connectivity index (χ2v) is 8.68. The van der Waals surface area contributed by atoms with Gasteiger partial charge >= 0.3 is 5.97 Å². The fraction of sp³-hybridized carbons (Fsp3) is 0.450. The molecule has 5 heteroatoms. The van der Waals surface area contributed by atoms with Gasteiger partial charge in [0.05, 0.1) is 5.56 Å². The van der Waals surface area contributed by atoms with E-state index < -0.39 is 5.97 Å². The van der Waals surface area contributed by atoms with Crippen LogP contribution in [0.25, 0.3) is 10.4 Å². The molecule has 0 radical (unpaired) electrons. The number of carboxylic acid groups (broad SMARTS) is 1. The van der Waals surface area contributed by atoms with E-state index in [-0.39, 0.29) is 5.41 Å². The average Bonchev–Trinajstić information content (AvgIpc) is 2.92. The number of hydrazine groups is 1. The van der Waals surface area contributed by atoms with E-state index in [4.69, 9.17) is 5.84 Å². The SMILES string of the molecule is CCN(N)Cc1ccccc1-c1sc2c(c1C(=O)O)CC(C)(C)CC2. The normalized spacial score (nSPS) is 16.0. The molecule has 25 heavy (non-hydrogen) atoms. The van der Waals surface area contributed by atoms with Crippen LogP contribution in [0.5, 0.6) is 0 Å². The Hall–Kier alpha value is -1.69. The molecule has 1 aromatic heterocycles. The summed E-state index contributed by atoms with van der Waals surface area (Å²) in [6.07, 6.45) is 2.90. The van der Waals surface area contributed by atoms with Crippen molar-refractivity contribution in [1.82, 2.24) is 5.01 Å². The van der Waals surface area contributed by atoms with Gasteiger partial charge in [-0.25, -0.2) is 9.80 Å². The summed E-state index contributed by atoms with van der Waals surface area (Å²) >= 11 is 1.65. The van der Waals surface area contributed by atoms with E-state index in [1.807, 2.05) is 31.2 Å². The molecule has 1 aliphatic rings. The van der Waals surface area contributed by atoms with Crippen LogP contribution in [0.1, 0.15) is 53.6 Å². The number of nitrogens with two attached hydrogens (primary N) is 1. The highest BCUT2D eigenvalue weighted by Crippen LogP contribution is 2.45. The summed E-state index contributed by atoms with van der Waals surface area (Å²) in [5, 5.41) is 11.7. The molecule has 0 saturated heterocycles. The van der Waals surface area contributed by atoms with Gasteiger partial charge in [-0.3, -0.25) is 5.84 Å². The van der Waals surface area contributed by atoms with Crippen LogP contribution in [0.15, 0.2) is 24.3 Å². The molecule has 0 amide bonds. The zero-order valence-electron chi connectivity index (χ0n) is 15.1. The van der Waals surface area contributed by atoms with E-state index >= 15 is 0 Å². The number of benzene rings is 1. The second-order valence-electron chi connectivity index (χ2n) is 7.57. The van der Waals surface area contributed by atoms with Crippen LogP contribution in [0.3, 0.4) is 0 Å². The molecule has 0 bridgehead atoms. The number of carbonyl (C=O) groups is 1. The Kier molecular flexibility index (Phi) is 5.00. The summed E-state index contributed by atoms with van der Waals surface area (Å²) in [6.45, 7) is 7.81. The maximum Gasteiger partial charge on any atom is 0.337 e. The molecule has 1 aliphatic carbocycles. The summed E-state index contributed by atoms with van der Waals surface area (Å²) in [5.74, 6) is 5.18. The second kappa shape index (κ2) is 6.90. The number of hydrogen-bond donors (Lipinski definition) is 2. The first-order chi connectivity index (χ1) is 11.8. The number of fused-ring (bicyclic) bond motifs is 1. The van der Waals surface area contributed by atoms with Gasteiger partial charge in [0.2, 0.25) is 0 Å². The zero-order valence-corrected chi connectivity index (χ0v) is 15.9. The standard InChI is InChI=1S/C20H26N2O2S/c1-4-22(21)12-13-7-5-6-8-14(13)18-17(19(23)24)15-11-20(2,3)10-9-16(15)25-18/h5-8H,4,9-12,21H2,1-3H3,(H,23,24). The lowest BCUT2D eigenvalue weighted by molar-refractivity contribution is 0.0696. The molecule has 1 heterocycles. The summed E-state index contributed by atoms with van der Waals surface area (Å²) in [4.78, 5) is 14.2. The molecule has 0 aliphatic heterocycles. The van der Waals surface area contributed by atoms with Crippen LogP contribution >= 0.6 is 11.3 Å². The molecule has 0 spiro atoms. The molecule has 134 valence electrons. The van der Waals surface area contributed by atoms with E-state index in [1.54, 1.807) is 16.3 Å². The van der Waals surface area contributed by atoms with Crippen molar-refractivity contribution in [3.63, 3.8) is 0 Å². The molecular formula is C20H26N2O2S. The Bertz CT molecular complexity index is 795. The zero-order chi connectivity index (χ0) is 18.2. The van der Waals surface area contributed by atoms with E-state index in [2.05, 4.69) is 13.8 Å². The van der Waals surface area contributed by atoms with Crippen molar-refractivity contribution in [2.45, 2.75) is 46.6 Å². The van der Waals surface area contributed by atoms with Gasteiger partial charge in [-0.05, 0) is 41.4 Å². The van der Waals surface area contributed by atoms with Crippen LogP contribution in [0.4, 0.5) is 0 Å². The molecule has 4 nitrogen and oxygen atoms in total. The molecule has 0 fully saturated rings. The number of rotatable bonds is 5. The largest absolute Gasteiger partial charge is 0.478 e. The van der Waals surface area contributed by atoms with Crippen molar-refractivity contribution >= 4 is 17.3 Å². The van der Waals surface area contributed by atoms with E-state index in [0.29, 0.717) is 12.1 Å². The third-order valence-corrected chi connectivity index (χ3v) is 6.36. The monoisotopic (exact) mass is 358 g/mol. The Morgan fingerprint density at radius 3 is 2.76 bits per heavy atom. The van der Waals surface area contributed by atoms with E-state index in [9.17, 15) is 9.90 Å². The average molecular weight is 359 g/mol. The summed E-state index contributed by atoms with van der Waals surface area (Å²) in [5.41, 5.74) is 3.78. The Labute approximate surface area is 153 Å². The molecule has 2 aromatic rings. The molecule has 3 rings (SSSR count). The van der Waals surface area contributed by atoms with E-state index in [1.165, 1.54) is 4.88 Å². The van der Waals surface area contributed by atoms with E-state index in [0.717, 1.165) is 47.4 Å². The topological polar surface area (TPSA) is 66.6 Å². The summed E-state index contributed by atoms with van der Waals surface area (Å²) in [6, 6.07) is 8.02. The minimum Gasteiger partial charge on any atom is -0.478 e. The van der Waals surface area contributed by atoms with Crippen LogP contribution in [-0.2, 0) is 19.4 Å². The van der Waals surface area contributed by atoms with Crippen LogP contribution < -0.4 is 5.84 Å². The number of carboxylic acids is 1. The third-order valence-electron chi connectivity index (χ3n) is 5.03. The van der Waals surface area contributed by atoms with Gasteiger partial charge in [0, 0.05) is 22.8 Å². The van der Waals surface area contributed by atoms with Crippen molar-refractivity contribution in [3.05, 3.63) is 45.8 Å². The predicted octanol–water partition coefficient (Wildman–Crippen LogP) is 4.32. The highest BCUT2D eigenvalue weighted by Gasteiger charge is 2.33. The fourth-order valence-electron chi connectivity index (χ4n) is 3.55. The summed E-state index contributed by atoms with van der Waals surface area (Å²) in [7, 11) is 0. The molecular weight excluding hydrogens is 332 g/mol. The van der Waals surface area contributed by atoms with Crippen molar-refractivity contribution in [1.29, 1.82) is 0 Å². The minimum absolute atomic E-state index is 0.158. The van der Waals surface area contributed by atoms with Gasteiger partial charge in [0.25, 0.3) is 0 Å². The smallest absolute Gasteiger partial charge is 0.337 e. The lowest BCUT2D eigenvalue weighted by Gasteiger charge is -2.29. The lowest BCUT2D eigenvalue weighted by Crippen LogP contribution is -2.30. The van der Waals surface area contributed by atoms with Gasteiger partial charge in [0.1, 0.15) is 0 Å². The number of aryl methyl sites for hydroxylation is 1. The molecule has 1 aromatic carbocycles. The quantitative estimate of drug-likeness (QED) is 0.617. The Balaban J connectivity index is 2.13. The number of nitrogens with zero attached hydrogens (tertiary/aromatic N) is 1. The van der Waals surface area contributed by atoms with Gasteiger partial charge < -0.3 is 5.11 Å². The van der Waals surface area contributed by atoms with Crippen molar-refractivity contribution < 1.29 is 9.90 Å². The first kappa shape index (κ1) is 18.1. The van der Waals surface area contributed by atoms with Crippen molar-refractivity contribution in [2.75, 3.05) is 6.54 Å². The van der Waals surface area contributed by atoms with Gasteiger partial charge in [-0.15, -0.1) is 11.3 Å². The highest BCUT2D eigenvalue weighted by molar-refractivity contribution is 7.16. The first-order valence-corrected chi connectivity index (χ1v) is 9.60. The highest BCUT2D eigenvalue weighted by atomic mass is 32.1. The third kappa shape index (κ3) is 3.64. The number of aromatic carboxylic acids is 1. The van der Waals surface area contributed by atoms with Crippen LogP contribution in [-0.4, -0.2) is 22.6 Å². The first-order valence-electron chi connectivity index (χ1n) is 8.78. The van der Waals surface area contributed by atoms with Gasteiger partial charge in [-0.2, -0.15) is 0 Å². The Morgan fingerprint density at radius 1 is 1.36 bits per heavy atom. The lowest BCUT2D eigenvalue weighted by atomic mass is 9.76. The molecule has 0 saturated carbocycles. The maximum atomic E-state index is 12.1. The fourth-order valence-corrected chi connectivity index (χ4v) is 4.92. The number of thiophene rings is 1. The van der Waals surface area contributed by atoms with Crippen molar-refractivity contribution in [2.24, 2.45) is 11.3 Å². The van der Waals surface area contributed by atoms with Gasteiger partial charge in [0.15, 0.2) is 0 Å². The maximum absolute atomic E-state index is 12.1. The number of hydrogen-bond acceptors (Lipinski definition) is 4. The summed E-state index contributed by atoms with van der Waals surface area (Å²) < 4.78 is 0. The Morgan fingerprint density at radius 2 is 2.08 bits per heavy atom. The minimum atomic E-state index is -0.819.